The molecule has 5 aromatic carbocycles. The van der Waals surface area contributed by atoms with Gasteiger partial charge in [-0.1, -0.05) is 109 Å². The van der Waals surface area contributed by atoms with Crippen LogP contribution in [0.4, 0.5) is 0 Å². The van der Waals surface area contributed by atoms with E-state index >= 15 is 0 Å². The van der Waals surface area contributed by atoms with Crippen LogP contribution in [-0.2, 0) is 56.1 Å². The third-order valence-corrected chi connectivity index (χ3v) is 11.0. The van der Waals surface area contributed by atoms with Crippen LogP contribution >= 0.6 is 0 Å². The summed E-state index contributed by atoms with van der Waals surface area (Å²) in [6.45, 7) is 0. The van der Waals surface area contributed by atoms with E-state index in [4.69, 9.17) is 5.73 Å². The molecule has 14 nitrogen and oxygen atoms in total. The molecular weight excluding hydrogens is 799 g/mol. The van der Waals surface area contributed by atoms with Crippen LogP contribution in [0.25, 0.3) is 21.8 Å². The quantitative estimate of drug-likeness (QED) is 0.0571. The summed E-state index contributed by atoms with van der Waals surface area (Å²) in [5.74, 6) is -4.01. The van der Waals surface area contributed by atoms with Crippen molar-refractivity contribution in [2.75, 3.05) is 0 Å². The van der Waals surface area contributed by atoms with Crippen molar-refractivity contribution in [1.29, 1.82) is 0 Å². The molecule has 14 heteroatoms. The second-order valence-corrected chi connectivity index (χ2v) is 15.6. The lowest BCUT2D eigenvalue weighted by Crippen LogP contribution is -2.59. The van der Waals surface area contributed by atoms with Crippen LogP contribution in [0.3, 0.4) is 0 Å². The Balaban J connectivity index is 1.18. The number of hydrogen-bond acceptors (Lipinski definition) is 7. The molecule has 7 rings (SSSR count). The Kier molecular flexibility index (Phi) is 13.9. The highest BCUT2D eigenvalue weighted by Gasteiger charge is 2.33. The molecule has 0 aliphatic rings. The Morgan fingerprint density at radius 3 is 1.33 bits per heavy atom. The van der Waals surface area contributed by atoms with Crippen LogP contribution < -0.4 is 27.0 Å². The molecule has 0 saturated heterocycles. The smallest absolute Gasteiger partial charge is 0.326 e. The van der Waals surface area contributed by atoms with Crippen molar-refractivity contribution >= 4 is 51.4 Å². The molecule has 0 fully saturated rings. The van der Waals surface area contributed by atoms with Gasteiger partial charge >= 0.3 is 5.97 Å². The van der Waals surface area contributed by atoms with E-state index in [0.29, 0.717) is 16.7 Å². The van der Waals surface area contributed by atoms with Gasteiger partial charge in [-0.2, -0.15) is 0 Å². The average molecular weight is 848 g/mol. The number of amides is 4. The number of hydrogen-bond donors (Lipinski definition) is 9. The number of H-pyrrole nitrogens is 2. The number of carboxylic acids is 1. The van der Waals surface area contributed by atoms with Gasteiger partial charge in [0.15, 0.2) is 0 Å². The number of aliphatic carboxylic acids is 1. The number of carbonyl (C=O) groups is 5. The van der Waals surface area contributed by atoms with Gasteiger partial charge in [0.1, 0.15) is 29.9 Å². The molecule has 2 aromatic heterocycles. The molecule has 63 heavy (non-hydrogen) atoms. The van der Waals surface area contributed by atoms with Gasteiger partial charge in [-0.3, -0.25) is 19.2 Å². The minimum Gasteiger partial charge on any atom is -0.508 e. The van der Waals surface area contributed by atoms with E-state index in [1.54, 1.807) is 54.9 Å². The van der Waals surface area contributed by atoms with Gasteiger partial charge in [0, 0.05) is 59.9 Å². The summed E-state index contributed by atoms with van der Waals surface area (Å²) in [6.07, 6.45) is 3.66. The first-order valence-electron chi connectivity index (χ1n) is 20.7. The maximum atomic E-state index is 14.7. The number of fused-ring (bicyclic) bond motifs is 2. The van der Waals surface area contributed by atoms with Crippen molar-refractivity contribution in [1.82, 2.24) is 31.2 Å². The molecule has 2 heterocycles. The minimum atomic E-state index is -1.33. The highest BCUT2D eigenvalue weighted by Crippen LogP contribution is 2.22. The largest absolute Gasteiger partial charge is 0.508 e. The van der Waals surface area contributed by atoms with Crippen LogP contribution in [0.2, 0.25) is 0 Å². The van der Waals surface area contributed by atoms with Gasteiger partial charge in [-0.25, -0.2) is 4.79 Å². The van der Waals surface area contributed by atoms with Crippen molar-refractivity contribution in [3.8, 4) is 5.75 Å². The zero-order valence-corrected chi connectivity index (χ0v) is 34.3. The fraction of sp³-hybridized carbons (Fsp3) is 0.204. The lowest BCUT2D eigenvalue weighted by molar-refractivity contribution is -0.142. The molecule has 0 spiro atoms. The molecule has 4 amide bonds. The van der Waals surface area contributed by atoms with Gasteiger partial charge in [0.05, 0.1) is 6.04 Å². The number of rotatable bonds is 19. The van der Waals surface area contributed by atoms with Crippen molar-refractivity contribution in [3.63, 3.8) is 0 Å². The number of nitrogens with two attached hydrogens (primary N) is 1. The number of phenols is 1. The number of nitrogens with one attached hydrogen (secondary N) is 6. The molecule has 5 atom stereocenters. The number of benzene rings is 5. The SMILES string of the molecule is NC(Cc1ccccc1)C(=O)NC(Cc1c[nH]c2ccccc12)C(=O)NC(Cc1c[nH]c2ccccc12)C(=O)NC(Cc1ccc(O)cc1)C(=O)NC(Cc1ccccc1)C(=O)O. The van der Waals surface area contributed by atoms with E-state index < -0.39 is 59.8 Å². The molecule has 322 valence electrons. The molecule has 0 aliphatic heterocycles. The first kappa shape index (κ1) is 43.4. The van der Waals surface area contributed by atoms with Crippen LogP contribution in [0.5, 0.6) is 5.75 Å². The van der Waals surface area contributed by atoms with Crippen LogP contribution in [0.1, 0.15) is 27.8 Å². The van der Waals surface area contributed by atoms with Gasteiger partial charge < -0.3 is 47.2 Å². The maximum absolute atomic E-state index is 14.7. The number of aromatic nitrogens is 2. The summed E-state index contributed by atoms with van der Waals surface area (Å²) in [5.41, 5.74) is 11.6. The maximum Gasteiger partial charge on any atom is 0.326 e. The molecule has 0 bridgehead atoms. The van der Waals surface area contributed by atoms with E-state index in [2.05, 4.69) is 31.2 Å². The van der Waals surface area contributed by atoms with Crippen LogP contribution in [0, 0.1) is 0 Å². The lowest BCUT2D eigenvalue weighted by atomic mass is 9.99. The van der Waals surface area contributed by atoms with Crippen molar-refractivity contribution in [2.24, 2.45) is 5.73 Å². The zero-order valence-electron chi connectivity index (χ0n) is 34.3. The van der Waals surface area contributed by atoms with E-state index in [9.17, 15) is 34.2 Å². The summed E-state index contributed by atoms with van der Waals surface area (Å²) >= 11 is 0. The fourth-order valence-corrected chi connectivity index (χ4v) is 7.64. The topological polar surface area (TPSA) is 232 Å². The van der Waals surface area contributed by atoms with Gasteiger partial charge in [0.25, 0.3) is 0 Å². The molecule has 0 saturated carbocycles. The highest BCUT2D eigenvalue weighted by molar-refractivity contribution is 5.97. The summed E-state index contributed by atoms with van der Waals surface area (Å²) in [5, 5.41) is 32.9. The first-order chi connectivity index (χ1) is 30.5. The Morgan fingerprint density at radius 2 is 0.841 bits per heavy atom. The van der Waals surface area contributed by atoms with E-state index in [1.807, 2.05) is 78.9 Å². The van der Waals surface area contributed by atoms with Crippen molar-refractivity contribution < 1.29 is 34.2 Å². The van der Waals surface area contributed by atoms with Crippen LogP contribution in [-0.4, -0.2) is 80.0 Å². The molecule has 0 aliphatic carbocycles. The number of carboxylic acid groups (broad SMARTS) is 1. The number of aromatic amines is 2. The Morgan fingerprint density at radius 1 is 0.460 bits per heavy atom. The van der Waals surface area contributed by atoms with Gasteiger partial charge in [0.2, 0.25) is 23.6 Å². The van der Waals surface area contributed by atoms with E-state index in [1.165, 1.54) is 12.1 Å². The summed E-state index contributed by atoms with van der Waals surface area (Å²) in [6, 6.07) is 33.1. The Hall–Kier alpha value is -7.71. The lowest BCUT2D eigenvalue weighted by Gasteiger charge is -2.27. The average Bonchev–Trinajstić information content (AvgIpc) is 3.90. The highest BCUT2D eigenvalue weighted by atomic mass is 16.4. The molecule has 0 radical (unpaired) electrons. The number of carbonyl (C=O) groups excluding carboxylic acids is 4. The predicted molar refractivity (Wildman–Crippen MR) is 239 cm³/mol. The monoisotopic (exact) mass is 847 g/mol. The van der Waals surface area contributed by atoms with Crippen molar-refractivity contribution in [2.45, 2.75) is 62.3 Å². The molecular formula is C49H49N7O7. The number of phenolic OH excluding ortho intramolecular Hbond substituents is 1. The second-order valence-electron chi connectivity index (χ2n) is 15.6. The van der Waals surface area contributed by atoms with Gasteiger partial charge in [-0.15, -0.1) is 0 Å². The summed E-state index contributed by atoms with van der Waals surface area (Å²) in [4.78, 5) is 76.0. The van der Waals surface area contributed by atoms with E-state index in [0.717, 1.165) is 32.9 Å². The standard InChI is InChI=1S/C49H49N7O7/c50-38(23-30-11-3-1-4-12-30)45(58)53-42(26-33-28-51-39-17-9-7-15-36(33)39)47(60)55-43(27-34-29-52-40-18-10-8-16-37(34)40)48(61)54-41(24-32-19-21-35(57)22-20-32)46(59)56-44(49(62)63)25-31-13-5-2-6-14-31/h1-22,28-29,38,41-44,51-52,57H,23-27,50H2,(H,53,58)(H,54,61)(H,55,60)(H,56,59)(H,62,63). The van der Waals surface area contributed by atoms with Crippen molar-refractivity contribution in [3.05, 3.63) is 174 Å². The Labute approximate surface area is 363 Å². The molecule has 10 N–H and O–H groups in total. The third-order valence-electron chi connectivity index (χ3n) is 11.0. The molecule has 5 unspecified atom stereocenters. The zero-order chi connectivity index (χ0) is 44.3. The summed E-state index contributed by atoms with van der Waals surface area (Å²) < 4.78 is 0. The number of para-hydroxylation sites is 2. The minimum absolute atomic E-state index is 0.00519. The number of aromatic hydroxyl groups is 1. The van der Waals surface area contributed by atoms with Crippen LogP contribution in [0.15, 0.2) is 146 Å². The molecule has 7 aromatic rings. The Bertz CT molecular complexity index is 2680. The summed E-state index contributed by atoms with van der Waals surface area (Å²) in [7, 11) is 0. The van der Waals surface area contributed by atoms with Gasteiger partial charge in [-0.05, 0) is 58.5 Å². The first-order valence-corrected chi connectivity index (χ1v) is 20.7. The predicted octanol–water partition coefficient (Wildman–Crippen LogP) is 4.22. The third kappa shape index (κ3) is 11.4. The second kappa shape index (κ2) is 20.2. The normalized spacial score (nSPS) is 13.6. The van der Waals surface area contributed by atoms with E-state index in [-0.39, 0.29) is 37.9 Å². The fourth-order valence-electron chi connectivity index (χ4n) is 7.64.